The highest BCUT2D eigenvalue weighted by Crippen LogP contribution is 2.49. The number of hydrogen-bond donors (Lipinski definition) is 0. The third-order valence-corrected chi connectivity index (χ3v) is 5.64. The number of nitrogens with zero attached hydrogens (tertiary/aromatic N) is 1. The number of rotatable bonds is 5. The Balaban J connectivity index is 1.96. The molecule has 1 unspecified atom stereocenters. The fourth-order valence-electron chi connectivity index (χ4n) is 4.42. The van der Waals surface area contributed by atoms with E-state index in [1.165, 1.54) is 0 Å². The van der Waals surface area contributed by atoms with E-state index in [1.54, 1.807) is 13.8 Å². The molecule has 0 N–H and O–H groups in total. The summed E-state index contributed by atoms with van der Waals surface area (Å²) in [5.41, 5.74) is 4.00. The third-order valence-electron chi connectivity index (χ3n) is 5.64. The lowest BCUT2D eigenvalue weighted by Crippen LogP contribution is -2.42. The molecule has 0 amide bonds. The van der Waals surface area contributed by atoms with Crippen molar-refractivity contribution in [2.45, 2.75) is 19.9 Å². The van der Waals surface area contributed by atoms with E-state index in [0.29, 0.717) is 0 Å². The zero-order valence-corrected chi connectivity index (χ0v) is 17.4. The summed E-state index contributed by atoms with van der Waals surface area (Å²) in [5.74, 6) is -2.21. The summed E-state index contributed by atoms with van der Waals surface area (Å²) in [6.45, 7) is 3.88. The van der Waals surface area contributed by atoms with E-state index in [4.69, 9.17) is 9.47 Å². The SMILES string of the molecule is CCOC(=O)C(C(=O)OCC)C1c2ccccc2-c2ccc3ccccc3c2N1C. The summed E-state index contributed by atoms with van der Waals surface area (Å²) in [6, 6.07) is 19.7. The van der Waals surface area contributed by atoms with Gasteiger partial charge in [-0.15, -0.1) is 0 Å². The van der Waals surface area contributed by atoms with E-state index in [0.717, 1.165) is 33.2 Å². The van der Waals surface area contributed by atoms with Gasteiger partial charge in [-0.05, 0) is 30.4 Å². The van der Waals surface area contributed by atoms with E-state index >= 15 is 0 Å². The zero-order chi connectivity index (χ0) is 21.3. The second kappa shape index (κ2) is 8.19. The van der Waals surface area contributed by atoms with Gasteiger partial charge in [0, 0.05) is 18.0 Å². The van der Waals surface area contributed by atoms with Crippen LogP contribution in [0.4, 0.5) is 5.69 Å². The Bertz CT molecular complexity index is 1090. The Hall–Kier alpha value is -3.34. The summed E-state index contributed by atoms with van der Waals surface area (Å²) in [4.78, 5) is 27.9. The minimum atomic E-state index is -1.08. The fraction of sp³-hybridized carbons (Fsp3) is 0.280. The molecule has 3 aromatic rings. The highest BCUT2D eigenvalue weighted by atomic mass is 16.6. The number of hydrogen-bond acceptors (Lipinski definition) is 5. The molecule has 154 valence electrons. The number of carbonyl (C=O) groups is 2. The van der Waals surface area contributed by atoms with Crippen LogP contribution < -0.4 is 4.90 Å². The van der Waals surface area contributed by atoms with Gasteiger partial charge in [-0.25, -0.2) is 0 Å². The van der Waals surface area contributed by atoms with Crippen LogP contribution in [0.5, 0.6) is 0 Å². The predicted octanol–water partition coefficient (Wildman–Crippen LogP) is 4.74. The summed E-state index contributed by atoms with van der Waals surface area (Å²) in [7, 11) is 1.93. The van der Waals surface area contributed by atoms with Crippen molar-refractivity contribution in [3.8, 4) is 11.1 Å². The molecule has 1 aliphatic heterocycles. The fourth-order valence-corrected chi connectivity index (χ4v) is 4.42. The first-order valence-electron chi connectivity index (χ1n) is 10.3. The Labute approximate surface area is 176 Å². The summed E-state index contributed by atoms with van der Waals surface area (Å²) in [6.07, 6.45) is 0. The van der Waals surface area contributed by atoms with Crippen LogP contribution in [0, 0.1) is 5.92 Å². The maximum Gasteiger partial charge on any atom is 0.322 e. The Morgan fingerprint density at radius 3 is 2.20 bits per heavy atom. The average molecular weight is 403 g/mol. The van der Waals surface area contributed by atoms with Crippen molar-refractivity contribution in [1.82, 2.24) is 0 Å². The van der Waals surface area contributed by atoms with Crippen molar-refractivity contribution in [3.05, 3.63) is 66.2 Å². The van der Waals surface area contributed by atoms with Crippen LogP contribution in [-0.4, -0.2) is 32.2 Å². The molecule has 1 heterocycles. The van der Waals surface area contributed by atoms with Crippen LogP contribution in [-0.2, 0) is 19.1 Å². The van der Waals surface area contributed by atoms with Crippen molar-refractivity contribution in [1.29, 1.82) is 0 Å². The minimum Gasteiger partial charge on any atom is -0.465 e. The lowest BCUT2D eigenvalue weighted by molar-refractivity contribution is -0.162. The van der Waals surface area contributed by atoms with Crippen molar-refractivity contribution in [2.24, 2.45) is 5.92 Å². The van der Waals surface area contributed by atoms with Crippen LogP contribution in [0.15, 0.2) is 60.7 Å². The molecule has 1 atom stereocenters. The number of anilines is 1. The van der Waals surface area contributed by atoms with Crippen molar-refractivity contribution >= 4 is 28.4 Å². The highest BCUT2D eigenvalue weighted by Gasteiger charge is 2.44. The van der Waals surface area contributed by atoms with E-state index in [1.807, 2.05) is 48.3 Å². The van der Waals surface area contributed by atoms with Gasteiger partial charge >= 0.3 is 11.9 Å². The smallest absolute Gasteiger partial charge is 0.322 e. The molecule has 3 aromatic carbocycles. The Morgan fingerprint density at radius 2 is 1.50 bits per heavy atom. The maximum absolute atomic E-state index is 12.9. The molecule has 0 aromatic heterocycles. The van der Waals surface area contributed by atoms with E-state index in [9.17, 15) is 9.59 Å². The van der Waals surface area contributed by atoms with E-state index in [-0.39, 0.29) is 13.2 Å². The van der Waals surface area contributed by atoms with E-state index < -0.39 is 23.9 Å². The van der Waals surface area contributed by atoms with Gasteiger partial charge in [0.25, 0.3) is 0 Å². The van der Waals surface area contributed by atoms with E-state index in [2.05, 4.69) is 24.3 Å². The van der Waals surface area contributed by atoms with Gasteiger partial charge in [0.05, 0.1) is 24.9 Å². The lowest BCUT2D eigenvalue weighted by Gasteiger charge is -2.40. The maximum atomic E-state index is 12.9. The van der Waals surface area contributed by atoms with Crippen LogP contribution in [0.1, 0.15) is 25.5 Å². The molecule has 0 aliphatic carbocycles. The number of benzene rings is 3. The van der Waals surface area contributed by atoms with Gasteiger partial charge < -0.3 is 14.4 Å². The van der Waals surface area contributed by atoms with Crippen LogP contribution >= 0.6 is 0 Å². The molecular formula is C25H25NO4. The molecule has 4 rings (SSSR count). The molecule has 0 fully saturated rings. The molecular weight excluding hydrogens is 378 g/mol. The molecule has 30 heavy (non-hydrogen) atoms. The number of ether oxygens (including phenoxy) is 2. The minimum absolute atomic E-state index is 0.201. The molecule has 5 nitrogen and oxygen atoms in total. The number of esters is 2. The molecule has 0 bridgehead atoms. The first-order chi connectivity index (χ1) is 14.6. The summed E-state index contributed by atoms with van der Waals surface area (Å²) in [5, 5.41) is 2.17. The summed E-state index contributed by atoms with van der Waals surface area (Å²) < 4.78 is 10.6. The standard InChI is InChI=1S/C25H25NO4/c1-4-29-24(27)21(25(28)30-5-2)23-19-13-9-8-12-18(19)20-15-14-16-10-6-7-11-17(16)22(20)26(23)3/h6-15,21,23H,4-5H2,1-3H3. The van der Waals surface area contributed by atoms with Crippen molar-refractivity contribution < 1.29 is 19.1 Å². The molecule has 0 saturated heterocycles. The molecule has 1 aliphatic rings. The van der Waals surface area contributed by atoms with Gasteiger partial charge in [0.1, 0.15) is 0 Å². The average Bonchev–Trinajstić information content (AvgIpc) is 2.76. The van der Waals surface area contributed by atoms with Gasteiger partial charge in [0.15, 0.2) is 5.92 Å². The Kier molecular flexibility index (Phi) is 5.44. The normalized spacial score (nSPS) is 14.9. The molecule has 0 saturated carbocycles. The third kappa shape index (κ3) is 3.20. The van der Waals surface area contributed by atoms with Crippen molar-refractivity contribution in [3.63, 3.8) is 0 Å². The molecule has 5 heteroatoms. The van der Waals surface area contributed by atoms with Gasteiger partial charge in [-0.3, -0.25) is 9.59 Å². The van der Waals surface area contributed by atoms with Gasteiger partial charge in [-0.1, -0.05) is 60.7 Å². The van der Waals surface area contributed by atoms with Crippen LogP contribution in [0.2, 0.25) is 0 Å². The number of fused-ring (bicyclic) bond motifs is 5. The second-order valence-corrected chi connectivity index (χ2v) is 7.31. The van der Waals surface area contributed by atoms with Gasteiger partial charge in [-0.2, -0.15) is 0 Å². The van der Waals surface area contributed by atoms with Crippen LogP contribution in [0.25, 0.3) is 21.9 Å². The van der Waals surface area contributed by atoms with Crippen molar-refractivity contribution in [2.75, 3.05) is 25.2 Å². The highest BCUT2D eigenvalue weighted by molar-refractivity contribution is 6.05. The largest absolute Gasteiger partial charge is 0.465 e. The Morgan fingerprint density at radius 1 is 0.867 bits per heavy atom. The van der Waals surface area contributed by atoms with Gasteiger partial charge in [0.2, 0.25) is 0 Å². The molecule has 0 spiro atoms. The number of carbonyl (C=O) groups excluding carboxylic acids is 2. The monoisotopic (exact) mass is 403 g/mol. The topological polar surface area (TPSA) is 55.8 Å². The first kappa shape index (κ1) is 20.0. The molecule has 0 radical (unpaired) electrons. The predicted molar refractivity (Wildman–Crippen MR) is 117 cm³/mol. The lowest BCUT2D eigenvalue weighted by atomic mass is 9.81. The quantitative estimate of drug-likeness (QED) is 0.455. The van der Waals surface area contributed by atoms with Crippen LogP contribution in [0.3, 0.4) is 0 Å². The zero-order valence-electron chi connectivity index (χ0n) is 17.4. The second-order valence-electron chi connectivity index (χ2n) is 7.31. The first-order valence-corrected chi connectivity index (χ1v) is 10.3. The summed E-state index contributed by atoms with van der Waals surface area (Å²) >= 11 is 0.